The highest BCUT2D eigenvalue weighted by Gasteiger charge is 2.40. The van der Waals surface area contributed by atoms with E-state index in [4.69, 9.17) is 5.73 Å². The van der Waals surface area contributed by atoms with E-state index < -0.39 is 0 Å². The average Bonchev–Trinajstić information content (AvgIpc) is 2.78. The number of carbonyl (C=O) groups is 1. The van der Waals surface area contributed by atoms with Crippen molar-refractivity contribution < 1.29 is 4.79 Å². The van der Waals surface area contributed by atoms with Crippen LogP contribution in [-0.4, -0.2) is 18.5 Å². The van der Waals surface area contributed by atoms with Gasteiger partial charge in [0.2, 0.25) is 5.91 Å². The number of rotatable bonds is 6. The molecule has 1 unspecified atom stereocenters. The molecule has 1 fully saturated rings. The van der Waals surface area contributed by atoms with Gasteiger partial charge in [0, 0.05) is 11.5 Å². The van der Waals surface area contributed by atoms with Crippen molar-refractivity contribution in [1.29, 1.82) is 0 Å². The molecule has 3 nitrogen and oxygen atoms in total. The van der Waals surface area contributed by atoms with Crippen molar-refractivity contribution in [3.05, 3.63) is 0 Å². The van der Waals surface area contributed by atoms with Crippen LogP contribution in [0, 0.1) is 11.3 Å². The summed E-state index contributed by atoms with van der Waals surface area (Å²) in [5.74, 6) is 0.724. The van der Waals surface area contributed by atoms with Crippen LogP contribution >= 0.6 is 0 Å². The van der Waals surface area contributed by atoms with Crippen molar-refractivity contribution in [1.82, 2.24) is 5.32 Å². The van der Waals surface area contributed by atoms with Gasteiger partial charge in [0.05, 0.1) is 0 Å². The fourth-order valence-electron chi connectivity index (χ4n) is 2.87. The summed E-state index contributed by atoms with van der Waals surface area (Å²) in [6.07, 6.45) is 6.36. The van der Waals surface area contributed by atoms with Crippen LogP contribution in [0.1, 0.15) is 59.3 Å². The van der Waals surface area contributed by atoms with Gasteiger partial charge in [0.1, 0.15) is 0 Å². The molecule has 0 radical (unpaired) electrons. The second-order valence-electron chi connectivity index (χ2n) is 5.74. The van der Waals surface area contributed by atoms with Crippen molar-refractivity contribution in [3.8, 4) is 0 Å². The Balaban J connectivity index is 2.62. The maximum atomic E-state index is 12.4. The number of nitrogens with two attached hydrogens (primary N) is 1. The lowest BCUT2D eigenvalue weighted by molar-refractivity contribution is -0.132. The van der Waals surface area contributed by atoms with Crippen molar-refractivity contribution >= 4 is 5.91 Å². The average molecular weight is 240 g/mol. The Morgan fingerprint density at radius 3 is 2.35 bits per heavy atom. The highest BCUT2D eigenvalue weighted by molar-refractivity contribution is 5.83. The van der Waals surface area contributed by atoms with E-state index in [-0.39, 0.29) is 17.4 Å². The van der Waals surface area contributed by atoms with Crippen LogP contribution in [0.5, 0.6) is 0 Å². The smallest absolute Gasteiger partial charge is 0.226 e. The van der Waals surface area contributed by atoms with Gasteiger partial charge in [-0.3, -0.25) is 4.79 Å². The molecule has 0 aromatic carbocycles. The molecule has 0 bridgehead atoms. The van der Waals surface area contributed by atoms with Gasteiger partial charge in [-0.05, 0) is 38.1 Å². The monoisotopic (exact) mass is 240 g/mol. The molecule has 1 aliphatic rings. The van der Waals surface area contributed by atoms with E-state index >= 15 is 0 Å². The number of hydrogen-bond acceptors (Lipinski definition) is 2. The molecule has 1 saturated carbocycles. The number of nitrogens with one attached hydrogen (secondary N) is 1. The fourth-order valence-corrected chi connectivity index (χ4v) is 2.87. The van der Waals surface area contributed by atoms with Gasteiger partial charge < -0.3 is 11.1 Å². The van der Waals surface area contributed by atoms with Crippen LogP contribution in [0.3, 0.4) is 0 Å². The minimum absolute atomic E-state index is 0.0816. The van der Waals surface area contributed by atoms with Crippen molar-refractivity contribution in [2.24, 2.45) is 17.1 Å². The molecule has 1 atom stereocenters. The topological polar surface area (TPSA) is 55.1 Å². The Morgan fingerprint density at radius 1 is 1.35 bits per heavy atom. The number of carbonyl (C=O) groups excluding carboxylic acids is 1. The molecule has 1 amide bonds. The molecular formula is C14H28N2O. The summed E-state index contributed by atoms with van der Waals surface area (Å²) in [6, 6.07) is 0.233. The van der Waals surface area contributed by atoms with Crippen molar-refractivity contribution in [2.75, 3.05) is 6.54 Å². The van der Waals surface area contributed by atoms with Gasteiger partial charge in [0.15, 0.2) is 0 Å². The van der Waals surface area contributed by atoms with E-state index in [1.54, 1.807) is 0 Å². The first-order valence-corrected chi connectivity index (χ1v) is 7.07. The third-order valence-electron chi connectivity index (χ3n) is 4.32. The quantitative estimate of drug-likeness (QED) is 0.749. The highest BCUT2D eigenvalue weighted by atomic mass is 16.2. The molecule has 0 aromatic rings. The third kappa shape index (κ3) is 3.44. The van der Waals surface area contributed by atoms with Crippen LogP contribution in [0.15, 0.2) is 0 Å². The lowest BCUT2D eigenvalue weighted by Crippen LogP contribution is -2.47. The van der Waals surface area contributed by atoms with Crippen LogP contribution in [-0.2, 0) is 4.79 Å². The fraction of sp³-hybridized carbons (Fsp3) is 0.929. The molecule has 0 aliphatic heterocycles. The van der Waals surface area contributed by atoms with Gasteiger partial charge >= 0.3 is 0 Å². The molecule has 3 heteroatoms. The summed E-state index contributed by atoms with van der Waals surface area (Å²) >= 11 is 0. The van der Waals surface area contributed by atoms with Crippen molar-refractivity contribution in [2.45, 2.75) is 65.3 Å². The Labute approximate surface area is 106 Å². The number of amides is 1. The first-order chi connectivity index (χ1) is 8.05. The van der Waals surface area contributed by atoms with Gasteiger partial charge in [-0.1, -0.05) is 33.6 Å². The second kappa shape index (κ2) is 6.39. The Morgan fingerprint density at radius 2 is 1.94 bits per heavy atom. The van der Waals surface area contributed by atoms with Crippen molar-refractivity contribution in [3.63, 3.8) is 0 Å². The van der Waals surface area contributed by atoms with E-state index in [0.29, 0.717) is 12.5 Å². The molecule has 0 heterocycles. The van der Waals surface area contributed by atoms with E-state index in [9.17, 15) is 4.79 Å². The SMILES string of the molecule is CCC1(C(=O)NC(CCN)C(C)C)CCCC1. The van der Waals surface area contributed by atoms with E-state index in [0.717, 1.165) is 25.7 Å². The zero-order chi connectivity index (χ0) is 12.9. The first-order valence-electron chi connectivity index (χ1n) is 7.07. The summed E-state index contributed by atoms with van der Waals surface area (Å²) in [4.78, 5) is 12.4. The summed E-state index contributed by atoms with van der Waals surface area (Å²) in [6.45, 7) is 7.07. The zero-order valence-electron chi connectivity index (χ0n) is 11.6. The molecule has 3 N–H and O–H groups in total. The maximum absolute atomic E-state index is 12.4. The molecule has 0 saturated heterocycles. The molecule has 0 spiro atoms. The molecule has 1 rings (SSSR count). The minimum Gasteiger partial charge on any atom is -0.353 e. The summed E-state index contributed by atoms with van der Waals surface area (Å²) in [5, 5.41) is 3.23. The zero-order valence-corrected chi connectivity index (χ0v) is 11.6. The lowest BCUT2D eigenvalue weighted by Gasteiger charge is -2.30. The largest absolute Gasteiger partial charge is 0.353 e. The normalized spacial score (nSPS) is 20.5. The van der Waals surface area contributed by atoms with Gasteiger partial charge in [0.25, 0.3) is 0 Å². The van der Waals surface area contributed by atoms with Crippen LogP contribution in [0.25, 0.3) is 0 Å². The lowest BCUT2D eigenvalue weighted by atomic mass is 9.82. The van der Waals surface area contributed by atoms with Gasteiger partial charge in [-0.25, -0.2) is 0 Å². The van der Waals surface area contributed by atoms with Crippen LogP contribution in [0.2, 0.25) is 0 Å². The van der Waals surface area contributed by atoms with Crippen LogP contribution < -0.4 is 11.1 Å². The second-order valence-corrected chi connectivity index (χ2v) is 5.74. The van der Waals surface area contributed by atoms with Gasteiger partial charge in [-0.2, -0.15) is 0 Å². The minimum atomic E-state index is -0.0816. The Kier molecular flexibility index (Phi) is 5.44. The van der Waals surface area contributed by atoms with Crippen LogP contribution in [0.4, 0.5) is 0 Å². The maximum Gasteiger partial charge on any atom is 0.226 e. The third-order valence-corrected chi connectivity index (χ3v) is 4.32. The molecule has 17 heavy (non-hydrogen) atoms. The standard InChI is InChI=1S/C14H28N2O/c1-4-14(8-5-6-9-14)13(17)16-12(7-10-15)11(2)3/h11-12H,4-10,15H2,1-3H3,(H,16,17). The Bertz CT molecular complexity index is 245. The number of hydrogen-bond donors (Lipinski definition) is 2. The highest BCUT2D eigenvalue weighted by Crippen LogP contribution is 2.41. The molecule has 100 valence electrons. The first kappa shape index (κ1) is 14.5. The predicted octanol–water partition coefficient (Wildman–Crippen LogP) is 2.45. The van der Waals surface area contributed by atoms with Gasteiger partial charge in [-0.15, -0.1) is 0 Å². The molecule has 0 aromatic heterocycles. The van der Waals surface area contributed by atoms with E-state index in [1.807, 2.05) is 0 Å². The predicted molar refractivity (Wildman–Crippen MR) is 71.6 cm³/mol. The van der Waals surface area contributed by atoms with E-state index in [1.165, 1.54) is 12.8 Å². The molecular weight excluding hydrogens is 212 g/mol. The summed E-state index contributed by atoms with van der Waals surface area (Å²) < 4.78 is 0. The van der Waals surface area contributed by atoms with E-state index in [2.05, 4.69) is 26.1 Å². The molecule has 1 aliphatic carbocycles. The summed E-state index contributed by atoms with van der Waals surface area (Å²) in [5.41, 5.74) is 5.53. The Hall–Kier alpha value is -0.570. The summed E-state index contributed by atoms with van der Waals surface area (Å²) in [7, 11) is 0.